The van der Waals surface area contributed by atoms with Crippen molar-refractivity contribution in [3.63, 3.8) is 0 Å². The highest BCUT2D eigenvalue weighted by atomic mass is 79.9. The molecule has 4 heteroatoms. The van der Waals surface area contributed by atoms with Crippen LogP contribution in [0.1, 0.15) is 18.4 Å². The number of rotatable bonds is 7. The molecule has 1 saturated heterocycles. The Morgan fingerprint density at radius 2 is 2.05 bits per heavy atom. The molecule has 0 atom stereocenters. The third-order valence-corrected chi connectivity index (χ3v) is 4.00. The van der Waals surface area contributed by atoms with Crippen LogP contribution < -0.4 is 10.6 Å². The minimum atomic E-state index is 0.965. The first-order chi connectivity index (χ1) is 9.34. The lowest BCUT2D eigenvalue weighted by molar-refractivity contribution is 0.236. The molecule has 2 N–H and O–H groups in total. The number of benzene rings is 1. The molecule has 1 fully saturated rings. The van der Waals surface area contributed by atoms with Gasteiger partial charge in [-0.3, -0.25) is 0 Å². The van der Waals surface area contributed by atoms with Gasteiger partial charge in [0.25, 0.3) is 0 Å². The first-order valence-corrected chi connectivity index (χ1v) is 8.02. The molecule has 0 spiro atoms. The zero-order chi connectivity index (χ0) is 13.3. The maximum absolute atomic E-state index is 3.51. The Morgan fingerprint density at radius 1 is 1.21 bits per heavy atom. The summed E-state index contributed by atoms with van der Waals surface area (Å²) in [6.07, 6.45) is 2.56. The first-order valence-electron chi connectivity index (χ1n) is 7.23. The summed E-state index contributed by atoms with van der Waals surface area (Å²) in [7, 11) is 0. The van der Waals surface area contributed by atoms with Gasteiger partial charge in [-0.15, -0.1) is 0 Å². The van der Waals surface area contributed by atoms with Gasteiger partial charge >= 0.3 is 0 Å². The molecule has 0 saturated carbocycles. The van der Waals surface area contributed by atoms with Crippen LogP contribution in [-0.4, -0.2) is 44.2 Å². The predicted molar refractivity (Wildman–Crippen MR) is 84.4 cm³/mol. The fourth-order valence-electron chi connectivity index (χ4n) is 2.40. The fourth-order valence-corrected chi connectivity index (χ4v) is 2.85. The number of piperazine rings is 1. The summed E-state index contributed by atoms with van der Waals surface area (Å²) < 4.78 is 1.16. The van der Waals surface area contributed by atoms with E-state index in [1.54, 1.807) is 0 Å². The lowest BCUT2D eigenvalue weighted by atomic mass is 10.2. The lowest BCUT2D eigenvalue weighted by Gasteiger charge is -2.27. The Hall–Kier alpha value is -0.420. The number of halogens is 1. The third-order valence-electron chi connectivity index (χ3n) is 3.51. The molecular weight excluding hydrogens is 302 g/mol. The van der Waals surface area contributed by atoms with E-state index in [9.17, 15) is 0 Å². The van der Waals surface area contributed by atoms with Crippen LogP contribution in [0.4, 0.5) is 0 Å². The van der Waals surface area contributed by atoms with E-state index in [4.69, 9.17) is 0 Å². The van der Waals surface area contributed by atoms with Crippen molar-refractivity contribution in [3.8, 4) is 0 Å². The van der Waals surface area contributed by atoms with E-state index in [0.717, 1.165) is 30.7 Å². The van der Waals surface area contributed by atoms with Gasteiger partial charge in [-0.1, -0.05) is 28.1 Å². The number of unbranched alkanes of at least 4 members (excludes halogenated alkanes) is 1. The Kier molecular flexibility index (Phi) is 6.85. The van der Waals surface area contributed by atoms with Crippen LogP contribution in [0.25, 0.3) is 0 Å². The van der Waals surface area contributed by atoms with Gasteiger partial charge in [0.2, 0.25) is 0 Å². The third kappa shape index (κ3) is 6.04. The highest BCUT2D eigenvalue weighted by Gasteiger charge is 2.07. The van der Waals surface area contributed by atoms with E-state index in [-0.39, 0.29) is 0 Å². The summed E-state index contributed by atoms with van der Waals surface area (Å²) in [5.41, 5.74) is 1.34. The van der Waals surface area contributed by atoms with E-state index >= 15 is 0 Å². The second-order valence-electron chi connectivity index (χ2n) is 5.11. The largest absolute Gasteiger partial charge is 0.314 e. The first kappa shape index (κ1) is 15.0. The number of nitrogens with one attached hydrogen (secondary N) is 2. The minimum absolute atomic E-state index is 0.965. The molecule has 0 radical (unpaired) electrons. The second kappa shape index (κ2) is 8.69. The summed E-state index contributed by atoms with van der Waals surface area (Å²) >= 11 is 3.50. The Balaban J connectivity index is 1.50. The zero-order valence-electron chi connectivity index (χ0n) is 11.5. The zero-order valence-corrected chi connectivity index (χ0v) is 13.1. The molecule has 0 bridgehead atoms. The van der Waals surface area contributed by atoms with Gasteiger partial charge in [0.05, 0.1) is 0 Å². The smallest absolute Gasteiger partial charge is 0.0205 e. The van der Waals surface area contributed by atoms with E-state index in [2.05, 4.69) is 55.7 Å². The van der Waals surface area contributed by atoms with E-state index in [0.29, 0.717) is 0 Å². The van der Waals surface area contributed by atoms with Crippen LogP contribution in [-0.2, 0) is 6.54 Å². The highest BCUT2D eigenvalue weighted by Crippen LogP contribution is 2.11. The average Bonchev–Trinajstić information content (AvgIpc) is 2.44. The maximum Gasteiger partial charge on any atom is 0.0205 e. The molecule has 0 aromatic heterocycles. The molecule has 1 aromatic carbocycles. The summed E-state index contributed by atoms with van der Waals surface area (Å²) in [6, 6.07) is 8.49. The van der Waals surface area contributed by atoms with Crippen molar-refractivity contribution >= 4 is 15.9 Å². The number of hydrogen-bond acceptors (Lipinski definition) is 3. The fraction of sp³-hybridized carbons (Fsp3) is 0.600. The van der Waals surface area contributed by atoms with E-state index in [1.807, 2.05) is 0 Å². The predicted octanol–water partition coefficient (Wildman–Crippen LogP) is 2.22. The quantitative estimate of drug-likeness (QED) is 0.753. The van der Waals surface area contributed by atoms with Gasteiger partial charge in [-0.2, -0.15) is 0 Å². The molecule has 1 aliphatic heterocycles. The second-order valence-corrected chi connectivity index (χ2v) is 6.02. The van der Waals surface area contributed by atoms with Gasteiger partial charge in [0, 0.05) is 37.2 Å². The maximum atomic E-state index is 3.51. The summed E-state index contributed by atoms with van der Waals surface area (Å²) in [4.78, 5) is 2.56. The molecule has 1 aromatic rings. The Labute approximate surface area is 124 Å². The van der Waals surface area contributed by atoms with Crippen LogP contribution in [0.5, 0.6) is 0 Å². The summed E-state index contributed by atoms with van der Waals surface area (Å²) in [6.45, 7) is 8.06. The average molecular weight is 326 g/mol. The molecule has 2 rings (SSSR count). The molecule has 0 amide bonds. The van der Waals surface area contributed by atoms with Gasteiger partial charge in [-0.25, -0.2) is 0 Å². The van der Waals surface area contributed by atoms with Crippen molar-refractivity contribution in [2.45, 2.75) is 19.4 Å². The van der Waals surface area contributed by atoms with Crippen molar-refractivity contribution in [1.82, 2.24) is 15.5 Å². The standard InChI is InChI=1S/C15H24BrN3/c16-15-5-3-4-14(12-15)13-18-6-1-2-9-19-10-7-17-8-11-19/h3-5,12,17-18H,1-2,6-11,13H2. The van der Waals surface area contributed by atoms with Gasteiger partial charge in [0.1, 0.15) is 0 Å². The molecule has 1 aliphatic rings. The minimum Gasteiger partial charge on any atom is -0.314 e. The highest BCUT2D eigenvalue weighted by molar-refractivity contribution is 9.10. The lowest BCUT2D eigenvalue weighted by Crippen LogP contribution is -2.43. The van der Waals surface area contributed by atoms with Crippen molar-refractivity contribution < 1.29 is 0 Å². The Morgan fingerprint density at radius 3 is 2.84 bits per heavy atom. The number of nitrogens with zero attached hydrogens (tertiary/aromatic N) is 1. The summed E-state index contributed by atoms with van der Waals surface area (Å²) in [5, 5.41) is 6.91. The van der Waals surface area contributed by atoms with Crippen molar-refractivity contribution in [2.24, 2.45) is 0 Å². The van der Waals surface area contributed by atoms with Crippen LogP contribution >= 0.6 is 15.9 Å². The van der Waals surface area contributed by atoms with Crippen LogP contribution in [0.15, 0.2) is 28.7 Å². The normalized spacial score (nSPS) is 16.7. The molecule has 0 aliphatic carbocycles. The molecular formula is C15H24BrN3. The van der Waals surface area contributed by atoms with Gasteiger partial charge < -0.3 is 15.5 Å². The van der Waals surface area contributed by atoms with Crippen LogP contribution in [0.2, 0.25) is 0 Å². The Bertz CT molecular complexity index is 364. The van der Waals surface area contributed by atoms with Gasteiger partial charge in [-0.05, 0) is 43.6 Å². The molecule has 0 unspecified atom stereocenters. The molecule has 1 heterocycles. The summed E-state index contributed by atoms with van der Waals surface area (Å²) in [5.74, 6) is 0. The van der Waals surface area contributed by atoms with E-state index in [1.165, 1.54) is 38.0 Å². The van der Waals surface area contributed by atoms with Crippen LogP contribution in [0, 0.1) is 0 Å². The topological polar surface area (TPSA) is 27.3 Å². The molecule has 19 heavy (non-hydrogen) atoms. The van der Waals surface area contributed by atoms with Gasteiger partial charge in [0.15, 0.2) is 0 Å². The van der Waals surface area contributed by atoms with Crippen molar-refractivity contribution in [3.05, 3.63) is 34.3 Å². The van der Waals surface area contributed by atoms with Crippen LogP contribution in [0.3, 0.4) is 0 Å². The monoisotopic (exact) mass is 325 g/mol. The van der Waals surface area contributed by atoms with Crippen molar-refractivity contribution in [1.29, 1.82) is 0 Å². The molecule has 3 nitrogen and oxygen atoms in total. The SMILES string of the molecule is Brc1cccc(CNCCCCN2CCNCC2)c1. The number of hydrogen-bond donors (Lipinski definition) is 2. The van der Waals surface area contributed by atoms with Crippen molar-refractivity contribution in [2.75, 3.05) is 39.3 Å². The molecule has 106 valence electrons. The van der Waals surface area contributed by atoms with E-state index < -0.39 is 0 Å².